The van der Waals surface area contributed by atoms with Gasteiger partial charge in [-0.15, -0.1) is 0 Å². The van der Waals surface area contributed by atoms with Crippen molar-refractivity contribution in [1.82, 2.24) is 5.43 Å². The largest absolute Gasteiger partial charge is 0.494 e. The molecular formula is C18H19BrN2O3. The highest BCUT2D eigenvalue weighted by Crippen LogP contribution is 2.17. The minimum atomic E-state index is -0.649. The van der Waals surface area contributed by atoms with E-state index in [9.17, 15) is 4.79 Å². The fourth-order valence-electron chi connectivity index (χ4n) is 1.85. The van der Waals surface area contributed by atoms with E-state index >= 15 is 0 Å². The van der Waals surface area contributed by atoms with E-state index in [1.807, 2.05) is 43.3 Å². The molecule has 1 amide bonds. The van der Waals surface area contributed by atoms with Gasteiger partial charge in [-0.3, -0.25) is 4.79 Å². The van der Waals surface area contributed by atoms with E-state index in [0.717, 1.165) is 15.8 Å². The Morgan fingerprint density at radius 3 is 2.42 bits per heavy atom. The molecule has 0 spiro atoms. The Balaban J connectivity index is 1.83. The third-order valence-electron chi connectivity index (χ3n) is 3.08. The maximum atomic E-state index is 12.0. The Hall–Kier alpha value is -2.34. The van der Waals surface area contributed by atoms with Gasteiger partial charge < -0.3 is 9.47 Å². The number of halogens is 1. The summed E-state index contributed by atoms with van der Waals surface area (Å²) < 4.78 is 11.9. The SMILES string of the molecule is CCOc1ccc(/C=N\NC(=O)[C@@H](C)Oc2ccc(Br)cc2)cc1. The number of nitrogens with zero attached hydrogens (tertiary/aromatic N) is 1. The van der Waals surface area contributed by atoms with Gasteiger partial charge in [0, 0.05) is 4.47 Å². The highest BCUT2D eigenvalue weighted by molar-refractivity contribution is 9.10. The zero-order valence-corrected chi connectivity index (χ0v) is 15.1. The van der Waals surface area contributed by atoms with Crippen LogP contribution in [0.25, 0.3) is 0 Å². The van der Waals surface area contributed by atoms with Crippen molar-refractivity contribution in [1.29, 1.82) is 0 Å². The summed E-state index contributed by atoms with van der Waals surface area (Å²) in [7, 11) is 0. The summed E-state index contributed by atoms with van der Waals surface area (Å²) in [4.78, 5) is 12.0. The summed E-state index contributed by atoms with van der Waals surface area (Å²) >= 11 is 3.35. The summed E-state index contributed by atoms with van der Waals surface area (Å²) in [6.45, 7) is 4.23. The molecule has 24 heavy (non-hydrogen) atoms. The second-order valence-electron chi connectivity index (χ2n) is 4.95. The number of ether oxygens (including phenoxy) is 2. The van der Waals surface area contributed by atoms with E-state index in [1.54, 1.807) is 25.3 Å². The predicted molar refractivity (Wildman–Crippen MR) is 97.6 cm³/mol. The van der Waals surface area contributed by atoms with Gasteiger partial charge in [0.1, 0.15) is 11.5 Å². The molecule has 0 bridgehead atoms. The molecule has 2 aromatic rings. The molecule has 5 nitrogen and oxygen atoms in total. The van der Waals surface area contributed by atoms with Crippen LogP contribution in [0.2, 0.25) is 0 Å². The Morgan fingerprint density at radius 1 is 1.17 bits per heavy atom. The molecule has 0 fully saturated rings. The van der Waals surface area contributed by atoms with E-state index in [2.05, 4.69) is 26.5 Å². The number of nitrogens with one attached hydrogen (secondary N) is 1. The van der Waals surface area contributed by atoms with Crippen molar-refractivity contribution in [2.45, 2.75) is 20.0 Å². The lowest BCUT2D eigenvalue weighted by Crippen LogP contribution is -2.33. The number of rotatable bonds is 7. The molecule has 126 valence electrons. The molecule has 0 unspecified atom stereocenters. The second kappa shape index (κ2) is 9.08. The summed E-state index contributed by atoms with van der Waals surface area (Å²) in [5.74, 6) is 1.10. The maximum absolute atomic E-state index is 12.0. The van der Waals surface area contributed by atoms with E-state index in [0.29, 0.717) is 12.4 Å². The zero-order chi connectivity index (χ0) is 17.4. The molecule has 1 atom stereocenters. The van der Waals surface area contributed by atoms with Gasteiger partial charge in [0.25, 0.3) is 5.91 Å². The molecule has 0 aliphatic rings. The smallest absolute Gasteiger partial charge is 0.280 e. The van der Waals surface area contributed by atoms with Gasteiger partial charge >= 0.3 is 0 Å². The Bertz CT molecular complexity index is 684. The minimum Gasteiger partial charge on any atom is -0.494 e. The first-order valence-electron chi connectivity index (χ1n) is 7.56. The van der Waals surface area contributed by atoms with Gasteiger partial charge in [0.15, 0.2) is 6.10 Å². The average Bonchev–Trinajstić information content (AvgIpc) is 2.58. The van der Waals surface area contributed by atoms with Crippen LogP contribution < -0.4 is 14.9 Å². The third kappa shape index (κ3) is 5.70. The van der Waals surface area contributed by atoms with Gasteiger partial charge in [0.05, 0.1) is 12.8 Å². The molecule has 0 saturated carbocycles. The molecule has 1 N–H and O–H groups in total. The van der Waals surface area contributed by atoms with Gasteiger partial charge in [-0.1, -0.05) is 15.9 Å². The quantitative estimate of drug-likeness (QED) is 0.578. The number of amides is 1. The van der Waals surface area contributed by atoms with Crippen LogP contribution in [0.1, 0.15) is 19.4 Å². The molecule has 0 aromatic heterocycles. The number of hydrogen-bond acceptors (Lipinski definition) is 4. The molecule has 0 aliphatic heterocycles. The lowest BCUT2D eigenvalue weighted by Gasteiger charge is -2.12. The molecular weight excluding hydrogens is 372 g/mol. The van der Waals surface area contributed by atoms with Crippen molar-refractivity contribution in [3.63, 3.8) is 0 Å². The van der Waals surface area contributed by atoms with Crippen LogP contribution in [0.5, 0.6) is 11.5 Å². The van der Waals surface area contributed by atoms with E-state index < -0.39 is 6.10 Å². The summed E-state index contributed by atoms with van der Waals surface area (Å²) in [6.07, 6.45) is 0.920. The van der Waals surface area contributed by atoms with Crippen LogP contribution in [-0.4, -0.2) is 24.8 Å². The van der Waals surface area contributed by atoms with Crippen LogP contribution in [0.15, 0.2) is 58.1 Å². The number of carbonyl (C=O) groups excluding carboxylic acids is 1. The summed E-state index contributed by atoms with van der Waals surface area (Å²) in [6, 6.07) is 14.7. The molecule has 0 heterocycles. The molecule has 0 saturated heterocycles. The molecule has 0 aliphatic carbocycles. The first-order valence-corrected chi connectivity index (χ1v) is 8.36. The third-order valence-corrected chi connectivity index (χ3v) is 3.60. The Morgan fingerprint density at radius 2 is 1.79 bits per heavy atom. The lowest BCUT2D eigenvalue weighted by molar-refractivity contribution is -0.127. The Labute approximate surface area is 149 Å². The standard InChI is InChI=1S/C18H19BrN2O3/c1-3-23-16-8-4-14(5-9-16)12-20-21-18(22)13(2)24-17-10-6-15(19)7-11-17/h4-13H,3H2,1-2H3,(H,21,22)/b20-12-/t13-/m1/s1. The van der Waals surface area contributed by atoms with Crippen molar-refractivity contribution < 1.29 is 14.3 Å². The van der Waals surface area contributed by atoms with Gasteiger partial charge in [-0.25, -0.2) is 5.43 Å². The second-order valence-corrected chi connectivity index (χ2v) is 5.87. The van der Waals surface area contributed by atoms with E-state index in [4.69, 9.17) is 9.47 Å². The summed E-state index contributed by atoms with van der Waals surface area (Å²) in [5, 5.41) is 3.94. The lowest BCUT2D eigenvalue weighted by atomic mass is 10.2. The molecule has 6 heteroatoms. The number of carbonyl (C=O) groups is 1. The normalized spacial score (nSPS) is 12.0. The number of hydrogen-bond donors (Lipinski definition) is 1. The predicted octanol–water partition coefficient (Wildman–Crippen LogP) is 3.77. The van der Waals surface area contributed by atoms with Gasteiger partial charge in [0.2, 0.25) is 0 Å². The van der Waals surface area contributed by atoms with Gasteiger partial charge in [-0.2, -0.15) is 5.10 Å². The monoisotopic (exact) mass is 390 g/mol. The van der Waals surface area contributed by atoms with Crippen LogP contribution in [-0.2, 0) is 4.79 Å². The van der Waals surface area contributed by atoms with Crippen molar-refractivity contribution in [2.24, 2.45) is 5.10 Å². The average molecular weight is 391 g/mol. The molecule has 2 rings (SSSR count). The fourth-order valence-corrected chi connectivity index (χ4v) is 2.11. The minimum absolute atomic E-state index is 0.319. The van der Waals surface area contributed by atoms with Crippen LogP contribution in [0.3, 0.4) is 0 Å². The van der Waals surface area contributed by atoms with E-state index in [1.165, 1.54) is 0 Å². The highest BCUT2D eigenvalue weighted by Gasteiger charge is 2.13. The van der Waals surface area contributed by atoms with Crippen molar-refractivity contribution in [3.8, 4) is 11.5 Å². The first kappa shape index (κ1) is 18.0. The fraction of sp³-hybridized carbons (Fsp3) is 0.222. The van der Waals surface area contributed by atoms with Crippen molar-refractivity contribution in [2.75, 3.05) is 6.61 Å². The van der Waals surface area contributed by atoms with Crippen molar-refractivity contribution >= 4 is 28.1 Å². The molecule has 0 radical (unpaired) electrons. The topological polar surface area (TPSA) is 59.9 Å². The summed E-state index contributed by atoms with van der Waals surface area (Å²) in [5.41, 5.74) is 3.33. The maximum Gasteiger partial charge on any atom is 0.280 e. The molecule has 2 aromatic carbocycles. The van der Waals surface area contributed by atoms with Gasteiger partial charge in [-0.05, 0) is 67.9 Å². The Kier molecular flexibility index (Phi) is 6.81. The van der Waals surface area contributed by atoms with Crippen LogP contribution in [0, 0.1) is 0 Å². The number of benzene rings is 2. The highest BCUT2D eigenvalue weighted by atomic mass is 79.9. The first-order chi connectivity index (χ1) is 11.6. The van der Waals surface area contributed by atoms with Crippen LogP contribution in [0.4, 0.5) is 0 Å². The van der Waals surface area contributed by atoms with Crippen molar-refractivity contribution in [3.05, 3.63) is 58.6 Å². The van der Waals surface area contributed by atoms with E-state index in [-0.39, 0.29) is 5.91 Å². The number of hydrazone groups is 1. The van der Waals surface area contributed by atoms with Crippen LogP contribution >= 0.6 is 15.9 Å². The zero-order valence-electron chi connectivity index (χ0n) is 13.5.